The quantitative estimate of drug-likeness (QED) is 0.0146. The fourth-order valence-electron chi connectivity index (χ4n) is 8.62. The van der Waals surface area contributed by atoms with Crippen LogP contribution in [0.2, 0.25) is 0 Å². The summed E-state index contributed by atoms with van der Waals surface area (Å²) in [6.45, 7) is 2.35. The van der Waals surface area contributed by atoms with E-state index in [0.29, 0.717) is 19.3 Å². The van der Waals surface area contributed by atoms with Crippen LogP contribution in [0.15, 0.2) is 134 Å². The number of hydrogen-bond donors (Lipinski definition) is 4. The first-order chi connectivity index (χ1) is 44.2. The molecule has 0 aliphatic carbocycles. The van der Waals surface area contributed by atoms with Gasteiger partial charge < -0.3 is 34.2 Å². The Kier molecular flexibility index (Phi) is 62.6. The first-order valence-electron chi connectivity index (χ1n) is 34.5. The van der Waals surface area contributed by atoms with E-state index in [1.807, 2.05) is 0 Å². The molecule has 0 saturated carbocycles. The number of aliphatic hydroxyl groups is 2. The fraction of sp³-hybridized carbons (Fsp3) is 0.658. The number of phosphoric acid groups is 2. The Bertz CT molecular complexity index is 2190. The van der Waals surface area contributed by atoms with Crippen LogP contribution in [-0.2, 0) is 55.8 Å². The molecule has 0 rings (SSSR count). The summed E-state index contributed by atoms with van der Waals surface area (Å²) in [5.41, 5.74) is 0. The van der Waals surface area contributed by atoms with Crippen LogP contribution < -0.4 is 0 Å². The van der Waals surface area contributed by atoms with E-state index in [1.165, 1.54) is 25.7 Å². The van der Waals surface area contributed by atoms with Crippen LogP contribution >= 0.6 is 15.6 Å². The summed E-state index contributed by atoms with van der Waals surface area (Å²) in [5, 5.41) is 20.5. The number of ether oxygens (including phenoxy) is 3. The van der Waals surface area contributed by atoms with Crippen molar-refractivity contribution in [2.24, 2.45) is 0 Å². The highest BCUT2D eigenvalue weighted by molar-refractivity contribution is 7.47. The maximum atomic E-state index is 12.9. The number of phosphoric ester groups is 2. The summed E-state index contributed by atoms with van der Waals surface area (Å²) in [7, 11) is -9.80. The predicted molar refractivity (Wildman–Crippen MR) is 371 cm³/mol. The van der Waals surface area contributed by atoms with Gasteiger partial charge in [0.15, 0.2) is 6.10 Å². The van der Waals surface area contributed by atoms with Gasteiger partial charge in [0.05, 0.1) is 26.4 Å². The SMILES string of the molecule is CC/C=C\C/C=C\C/C=C\C/C=C\C/C=C\CCCCCCCC(=O)OCC(O)COP(=O)(O)OCC(O)COP(=O)(O)OCC(COC(=O)CCCCCCC/C=C\C/C=C\C/C=C\C/C=C\C/C=C\CC)OC(=O)CCCCCCC/C=C\CCCCCC. The van der Waals surface area contributed by atoms with Gasteiger partial charge in [-0.05, 0) is 135 Å². The predicted octanol–water partition coefficient (Wildman–Crippen LogP) is 19.2. The minimum atomic E-state index is -4.94. The van der Waals surface area contributed by atoms with Gasteiger partial charge in [-0.3, -0.25) is 32.5 Å². The van der Waals surface area contributed by atoms with Crippen molar-refractivity contribution in [1.82, 2.24) is 0 Å². The molecule has 5 unspecified atom stereocenters. The molecule has 0 heterocycles. The molecule has 0 aromatic heterocycles. The van der Waals surface area contributed by atoms with E-state index in [9.17, 15) is 43.5 Å². The first-order valence-corrected chi connectivity index (χ1v) is 37.5. The van der Waals surface area contributed by atoms with E-state index < -0.39 is 91.5 Å². The molecular weight excluding hydrogens is 1190 g/mol. The van der Waals surface area contributed by atoms with Crippen LogP contribution in [-0.4, -0.2) is 95.9 Å². The minimum Gasteiger partial charge on any atom is -0.463 e. The number of allylic oxidation sites excluding steroid dienone is 22. The number of aliphatic hydroxyl groups excluding tert-OH is 2. The molecule has 0 aliphatic rings. The fourth-order valence-corrected chi connectivity index (χ4v) is 10.2. The van der Waals surface area contributed by atoms with E-state index in [4.69, 9.17) is 32.3 Å². The van der Waals surface area contributed by atoms with Crippen molar-refractivity contribution in [2.75, 3.05) is 39.6 Å². The molecular formula is C73H122O16P2. The molecule has 0 amide bonds. The molecule has 18 heteroatoms. The highest BCUT2D eigenvalue weighted by Gasteiger charge is 2.29. The molecule has 520 valence electrons. The van der Waals surface area contributed by atoms with Crippen molar-refractivity contribution in [3.05, 3.63) is 134 Å². The summed E-state index contributed by atoms with van der Waals surface area (Å²) in [6.07, 6.45) is 76.4. The lowest BCUT2D eigenvalue weighted by atomic mass is 10.1. The summed E-state index contributed by atoms with van der Waals surface area (Å²) in [5.74, 6) is -1.63. The zero-order valence-electron chi connectivity index (χ0n) is 56.2. The Morgan fingerprint density at radius 1 is 0.319 bits per heavy atom. The molecule has 0 radical (unpaired) electrons. The molecule has 91 heavy (non-hydrogen) atoms. The third kappa shape index (κ3) is 66.9. The van der Waals surface area contributed by atoms with Gasteiger partial charge in [0.25, 0.3) is 0 Å². The molecule has 4 N–H and O–H groups in total. The number of carbonyl (C=O) groups is 3. The van der Waals surface area contributed by atoms with Crippen LogP contribution in [0.4, 0.5) is 0 Å². The van der Waals surface area contributed by atoms with Gasteiger partial charge in [-0.25, -0.2) is 9.13 Å². The monoisotopic (exact) mass is 1320 g/mol. The Morgan fingerprint density at radius 2 is 0.582 bits per heavy atom. The number of unbranched alkanes of at least 4 members (excludes halogenated alkanes) is 19. The van der Waals surface area contributed by atoms with Gasteiger partial charge >= 0.3 is 33.6 Å². The van der Waals surface area contributed by atoms with Crippen LogP contribution in [0.5, 0.6) is 0 Å². The summed E-state index contributed by atoms with van der Waals surface area (Å²) in [6, 6.07) is 0. The van der Waals surface area contributed by atoms with Gasteiger partial charge in [-0.15, -0.1) is 0 Å². The summed E-state index contributed by atoms with van der Waals surface area (Å²) >= 11 is 0. The van der Waals surface area contributed by atoms with Gasteiger partial charge in [0.2, 0.25) is 0 Å². The third-order valence-corrected chi connectivity index (χ3v) is 15.7. The summed E-state index contributed by atoms with van der Waals surface area (Å²) < 4.78 is 60.9. The van der Waals surface area contributed by atoms with Gasteiger partial charge in [0, 0.05) is 19.3 Å². The molecule has 0 aliphatic heterocycles. The first kappa shape index (κ1) is 86.7. The highest BCUT2D eigenvalue weighted by atomic mass is 31.2. The lowest BCUT2D eigenvalue weighted by Gasteiger charge is -2.21. The van der Waals surface area contributed by atoms with E-state index in [1.54, 1.807) is 0 Å². The summed E-state index contributed by atoms with van der Waals surface area (Å²) in [4.78, 5) is 58.4. The Balaban J connectivity index is 4.68. The molecule has 0 aromatic rings. The Morgan fingerprint density at radius 3 is 0.934 bits per heavy atom. The van der Waals surface area contributed by atoms with Crippen LogP contribution in [0, 0.1) is 0 Å². The van der Waals surface area contributed by atoms with Crippen molar-refractivity contribution >= 4 is 33.6 Å². The van der Waals surface area contributed by atoms with Crippen molar-refractivity contribution in [2.45, 2.75) is 270 Å². The van der Waals surface area contributed by atoms with Crippen LogP contribution in [0.1, 0.15) is 252 Å². The maximum Gasteiger partial charge on any atom is 0.472 e. The van der Waals surface area contributed by atoms with E-state index in [2.05, 4.69) is 154 Å². The van der Waals surface area contributed by atoms with Gasteiger partial charge in [-0.2, -0.15) is 0 Å². The zero-order valence-corrected chi connectivity index (χ0v) is 58.0. The Labute approximate surface area is 550 Å². The maximum absolute atomic E-state index is 12.9. The third-order valence-electron chi connectivity index (χ3n) is 13.8. The molecule has 0 aromatic carbocycles. The highest BCUT2D eigenvalue weighted by Crippen LogP contribution is 2.45. The standard InChI is InChI=1S/C73H122O16P2/c1-4-7-10-13-16-19-22-25-27-29-31-33-35-37-39-42-44-47-50-53-56-59-71(76)83-62-68(74)63-85-90(79,80)86-64-69(75)65-87-91(81,82)88-67-70(89-73(78)61-58-55-52-49-46-41-24-21-18-15-12-9-6-3)66-84-72(77)60-57-54-51-48-45-43-40-38-36-34-32-30-28-26-23-20-17-14-11-8-5-2/h7-8,10-11,16-17,19-21,24-28,31-34,37-40,68-70,74-75H,4-6,9,12-15,18,22-23,29-30,35-36,41-67H2,1-3H3,(H,79,80)(H,81,82)/b10-7-,11-8-,19-16-,20-17-,24-21-,27-25-,28-26-,33-31-,34-32-,39-37-,40-38-. The molecule has 0 spiro atoms. The normalized spacial score (nSPS) is 15.0. The second-order valence-electron chi connectivity index (χ2n) is 22.6. The average Bonchev–Trinajstić information content (AvgIpc) is 3.75. The molecule has 0 bridgehead atoms. The number of esters is 3. The lowest BCUT2D eigenvalue weighted by molar-refractivity contribution is -0.161. The van der Waals surface area contributed by atoms with Gasteiger partial charge in [0.1, 0.15) is 25.4 Å². The van der Waals surface area contributed by atoms with Crippen molar-refractivity contribution in [3.8, 4) is 0 Å². The van der Waals surface area contributed by atoms with E-state index in [0.717, 1.165) is 167 Å². The topological polar surface area (TPSA) is 231 Å². The second-order valence-corrected chi connectivity index (χ2v) is 25.5. The second kappa shape index (κ2) is 65.7. The average molecular weight is 1320 g/mol. The van der Waals surface area contributed by atoms with Crippen LogP contribution in [0.3, 0.4) is 0 Å². The van der Waals surface area contributed by atoms with E-state index in [-0.39, 0.29) is 19.3 Å². The minimum absolute atomic E-state index is 0.0858. The number of hydrogen-bond acceptors (Lipinski definition) is 14. The molecule has 0 saturated heterocycles. The number of rotatable bonds is 64. The smallest absolute Gasteiger partial charge is 0.463 e. The van der Waals surface area contributed by atoms with Crippen molar-refractivity contribution in [3.63, 3.8) is 0 Å². The van der Waals surface area contributed by atoms with Crippen molar-refractivity contribution < 1.29 is 75.8 Å². The molecule has 16 nitrogen and oxygen atoms in total. The van der Waals surface area contributed by atoms with Gasteiger partial charge in [-0.1, -0.05) is 231 Å². The lowest BCUT2D eigenvalue weighted by Crippen LogP contribution is -2.30. The molecule has 0 fully saturated rings. The Hall–Kier alpha value is -4.31. The number of carbonyl (C=O) groups excluding carboxylic acids is 3. The van der Waals surface area contributed by atoms with Crippen LogP contribution in [0.25, 0.3) is 0 Å². The van der Waals surface area contributed by atoms with E-state index >= 15 is 0 Å². The van der Waals surface area contributed by atoms with Crippen molar-refractivity contribution in [1.29, 1.82) is 0 Å². The zero-order chi connectivity index (χ0) is 66.7. The largest absolute Gasteiger partial charge is 0.472 e. The molecule has 5 atom stereocenters.